The number of rotatable bonds is 4. The van der Waals surface area contributed by atoms with Gasteiger partial charge in [-0.15, -0.1) is 11.3 Å². The molecule has 1 aromatic heterocycles. The predicted octanol–water partition coefficient (Wildman–Crippen LogP) is 3.56. The third-order valence-corrected chi connectivity index (χ3v) is 5.71. The summed E-state index contributed by atoms with van der Waals surface area (Å²) < 4.78 is 0.388. The van der Waals surface area contributed by atoms with E-state index < -0.39 is 5.97 Å². The monoisotopic (exact) mass is 311 g/mol. The Morgan fingerprint density at radius 3 is 3.05 bits per heavy atom. The minimum Gasteiger partial charge on any atom is -0.478 e. The molecule has 20 heavy (non-hydrogen) atoms. The number of nitrogens with zero attached hydrogens (tertiary/aromatic N) is 1. The van der Waals surface area contributed by atoms with Gasteiger partial charge in [-0.25, -0.2) is 4.79 Å². The highest BCUT2D eigenvalue weighted by Gasteiger charge is 2.23. The quantitative estimate of drug-likeness (QED) is 0.863. The van der Waals surface area contributed by atoms with Crippen molar-refractivity contribution in [2.45, 2.75) is 31.6 Å². The number of carboxylic acids is 1. The molecule has 1 aliphatic heterocycles. The molecule has 2 heterocycles. The van der Waals surface area contributed by atoms with Crippen LogP contribution in [-0.2, 0) is 11.3 Å². The largest absolute Gasteiger partial charge is 0.478 e. The summed E-state index contributed by atoms with van der Waals surface area (Å²) in [6.07, 6.45) is 4.06. The number of aliphatic carboxylic acids is 1. The average molecular weight is 311 g/mol. The highest BCUT2D eigenvalue weighted by Crippen LogP contribution is 2.31. The first kappa shape index (κ1) is 15.6. The normalized spacial score (nSPS) is 20.1. The van der Waals surface area contributed by atoms with E-state index in [1.807, 2.05) is 5.38 Å². The van der Waals surface area contributed by atoms with Gasteiger partial charge in [-0.2, -0.15) is 11.8 Å². The highest BCUT2D eigenvalue weighted by atomic mass is 32.2. The number of thioether (sulfide) groups is 1. The molecule has 0 radical (unpaired) electrons. The van der Waals surface area contributed by atoms with E-state index in [0.29, 0.717) is 4.75 Å². The van der Waals surface area contributed by atoms with Crippen LogP contribution in [0.5, 0.6) is 0 Å². The van der Waals surface area contributed by atoms with Gasteiger partial charge in [0.15, 0.2) is 0 Å². The van der Waals surface area contributed by atoms with Gasteiger partial charge >= 0.3 is 5.97 Å². The molecule has 0 unspecified atom stereocenters. The third kappa shape index (κ3) is 4.96. The first-order valence-corrected chi connectivity index (χ1v) is 8.66. The molecule has 0 bridgehead atoms. The van der Waals surface area contributed by atoms with Gasteiger partial charge in [-0.1, -0.05) is 13.8 Å². The topological polar surface area (TPSA) is 40.5 Å². The van der Waals surface area contributed by atoms with Crippen molar-refractivity contribution in [2.24, 2.45) is 0 Å². The van der Waals surface area contributed by atoms with Gasteiger partial charge in [0.2, 0.25) is 0 Å². The van der Waals surface area contributed by atoms with Gasteiger partial charge in [-0.3, -0.25) is 4.90 Å². The molecule has 1 aliphatic rings. The minimum atomic E-state index is -0.899. The van der Waals surface area contributed by atoms with Gasteiger partial charge in [0.1, 0.15) is 0 Å². The maximum atomic E-state index is 10.5. The second kappa shape index (κ2) is 6.78. The Morgan fingerprint density at radius 2 is 2.30 bits per heavy atom. The molecule has 2 rings (SSSR count). The van der Waals surface area contributed by atoms with E-state index in [1.54, 1.807) is 17.4 Å². The summed E-state index contributed by atoms with van der Waals surface area (Å²) in [5.74, 6) is 0.286. The zero-order chi connectivity index (χ0) is 14.6. The van der Waals surface area contributed by atoms with E-state index >= 15 is 0 Å². The van der Waals surface area contributed by atoms with E-state index in [1.165, 1.54) is 23.1 Å². The van der Waals surface area contributed by atoms with Crippen molar-refractivity contribution < 1.29 is 9.90 Å². The molecule has 0 aliphatic carbocycles. The fourth-order valence-corrected chi connectivity index (χ4v) is 4.21. The molecule has 110 valence electrons. The summed E-state index contributed by atoms with van der Waals surface area (Å²) in [6.45, 7) is 7.88. The fraction of sp³-hybridized carbons (Fsp3) is 0.533. The Hall–Kier alpha value is -0.780. The van der Waals surface area contributed by atoms with E-state index in [0.717, 1.165) is 25.2 Å². The Balaban J connectivity index is 1.92. The molecule has 1 N–H and O–H groups in total. The first-order valence-electron chi connectivity index (χ1n) is 6.79. The summed E-state index contributed by atoms with van der Waals surface area (Å²) in [5.41, 5.74) is 0.983. The molecule has 1 saturated heterocycles. The SMILES string of the molecule is CC1(C)CCN(Cc2cc(/C=C/C(=O)O)cs2)CCS1. The molecule has 0 atom stereocenters. The molecule has 1 fully saturated rings. The van der Waals surface area contributed by atoms with Gasteiger partial charge in [-0.05, 0) is 36.1 Å². The molecule has 0 aromatic carbocycles. The van der Waals surface area contributed by atoms with Crippen LogP contribution in [0.2, 0.25) is 0 Å². The maximum Gasteiger partial charge on any atom is 0.328 e. The van der Waals surface area contributed by atoms with Crippen molar-refractivity contribution in [3.05, 3.63) is 28.0 Å². The van der Waals surface area contributed by atoms with Crippen LogP contribution in [0, 0.1) is 0 Å². The molecular formula is C15H21NO2S2. The van der Waals surface area contributed by atoms with Crippen molar-refractivity contribution in [3.8, 4) is 0 Å². The summed E-state index contributed by atoms with van der Waals surface area (Å²) in [4.78, 5) is 14.3. The molecule has 1 aromatic rings. The lowest BCUT2D eigenvalue weighted by Crippen LogP contribution is -2.26. The molecule has 0 amide bonds. The van der Waals surface area contributed by atoms with Crippen molar-refractivity contribution in [1.29, 1.82) is 0 Å². The molecule has 3 nitrogen and oxygen atoms in total. The molecule has 0 spiro atoms. The lowest BCUT2D eigenvalue weighted by molar-refractivity contribution is -0.131. The molecule has 5 heteroatoms. The number of carboxylic acid groups (broad SMARTS) is 1. The van der Waals surface area contributed by atoms with Crippen LogP contribution in [0.25, 0.3) is 6.08 Å². The van der Waals surface area contributed by atoms with Crippen LogP contribution in [0.4, 0.5) is 0 Å². The second-order valence-electron chi connectivity index (χ2n) is 5.65. The maximum absolute atomic E-state index is 10.5. The van der Waals surface area contributed by atoms with Crippen LogP contribution < -0.4 is 0 Å². The summed E-state index contributed by atoms with van der Waals surface area (Å²) in [5, 5.41) is 10.6. The van der Waals surface area contributed by atoms with Crippen molar-refractivity contribution in [1.82, 2.24) is 4.90 Å². The van der Waals surface area contributed by atoms with Crippen molar-refractivity contribution in [3.63, 3.8) is 0 Å². The van der Waals surface area contributed by atoms with Gasteiger partial charge < -0.3 is 5.11 Å². The minimum absolute atomic E-state index is 0.388. The zero-order valence-electron chi connectivity index (χ0n) is 12.0. The fourth-order valence-electron chi connectivity index (χ4n) is 2.18. The van der Waals surface area contributed by atoms with Crippen LogP contribution in [0.1, 0.15) is 30.7 Å². The second-order valence-corrected chi connectivity index (χ2v) is 8.45. The van der Waals surface area contributed by atoms with Crippen molar-refractivity contribution in [2.75, 3.05) is 18.8 Å². The highest BCUT2D eigenvalue weighted by molar-refractivity contribution is 8.00. The Morgan fingerprint density at radius 1 is 1.50 bits per heavy atom. The number of hydrogen-bond donors (Lipinski definition) is 1. The van der Waals surface area contributed by atoms with Crippen molar-refractivity contribution >= 4 is 35.1 Å². The Kier molecular flexibility index (Phi) is 5.29. The predicted molar refractivity (Wildman–Crippen MR) is 87.4 cm³/mol. The molecule has 0 saturated carbocycles. The Bertz CT molecular complexity index is 494. The van der Waals surface area contributed by atoms with Crippen LogP contribution >= 0.6 is 23.1 Å². The van der Waals surface area contributed by atoms with Crippen LogP contribution in [-0.4, -0.2) is 39.6 Å². The average Bonchev–Trinajstić information content (AvgIpc) is 2.73. The lowest BCUT2D eigenvalue weighted by Gasteiger charge is -2.22. The lowest BCUT2D eigenvalue weighted by atomic mass is 10.1. The smallest absolute Gasteiger partial charge is 0.328 e. The zero-order valence-corrected chi connectivity index (χ0v) is 13.6. The summed E-state index contributed by atoms with van der Waals surface area (Å²) >= 11 is 3.77. The Labute approximate surface area is 128 Å². The third-order valence-electron chi connectivity index (χ3n) is 3.40. The summed E-state index contributed by atoms with van der Waals surface area (Å²) in [7, 11) is 0. The van der Waals surface area contributed by atoms with Gasteiger partial charge in [0.05, 0.1) is 0 Å². The van der Waals surface area contributed by atoms with Gasteiger partial charge in [0.25, 0.3) is 0 Å². The summed E-state index contributed by atoms with van der Waals surface area (Å²) in [6, 6.07) is 2.09. The van der Waals surface area contributed by atoms with Crippen LogP contribution in [0.15, 0.2) is 17.5 Å². The van der Waals surface area contributed by atoms with E-state index in [-0.39, 0.29) is 0 Å². The number of thiophene rings is 1. The first-order chi connectivity index (χ1) is 9.44. The van der Waals surface area contributed by atoms with E-state index in [4.69, 9.17) is 5.11 Å². The standard InChI is InChI=1S/C15H21NO2S2/c1-15(2)5-6-16(7-8-20-15)10-13-9-12(11-19-13)3-4-14(17)18/h3-4,9,11H,5-8,10H2,1-2H3,(H,17,18)/b4-3+. The van der Waals surface area contributed by atoms with E-state index in [2.05, 4.69) is 36.6 Å². The van der Waals surface area contributed by atoms with Crippen LogP contribution in [0.3, 0.4) is 0 Å². The number of hydrogen-bond acceptors (Lipinski definition) is 4. The van der Waals surface area contributed by atoms with Gasteiger partial charge in [0, 0.05) is 34.5 Å². The number of carbonyl (C=O) groups is 1. The van der Waals surface area contributed by atoms with E-state index in [9.17, 15) is 4.79 Å². The molecular weight excluding hydrogens is 290 g/mol.